The highest BCUT2D eigenvalue weighted by Gasteiger charge is 2.07. The Morgan fingerprint density at radius 3 is 2.68 bits per heavy atom. The number of rotatable bonds is 4. The summed E-state index contributed by atoms with van der Waals surface area (Å²) in [7, 11) is 0.487. The maximum atomic E-state index is 12.3. The van der Waals surface area contributed by atoms with Gasteiger partial charge in [0, 0.05) is 9.37 Å². The molecule has 1 unspecified atom stereocenters. The lowest BCUT2D eigenvalue weighted by atomic mass is 10.2. The van der Waals surface area contributed by atoms with Gasteiger partial charge in [0.2, 0.25) is 0 Å². The SMILES string of the molecule is COc1ccc(CS(=O)c2cccc(Br)c2)cc1N. The number of halogens is 1. The number of ether oxygens (including phenoxy) is 1. The average molecular weight is 340 g/mol. The van der Waals surface area contributed by atoms with Crippen molar-refractivity contribution in [3.8, 4) is 5.75 Å². The maximum Gasteiger partial charge on any atom is 0.141 e. The van der Waals surface area contributed by atoms with Crippen LogP contribution in [-0.2, 0) is 16.6 Å². The minimum absolute atomic E-state index is 0.435. The highest BCUT2D eigenvalue weighted by Crippen LogP contribution is 2.24. The van der Waals surface area contributed by atoms with Gasteiger partial charge in [0.05, 0.1) is 29.3 Å². The maximum absolute atomic E-state index is 12.3. The first kappa shape index (κ1) is 14.1. The third kappa shape index (κ3) is 3.58. The summed E-state index contributed by atoms with van der Waals surface area (Å²) in [5.41, 5.74) is 7.33. The Kier molecular flexibility index (Phi) is 4.61. The fourth-order valence-corrected chi connectivity index (χ4v) is 3.41. The van der Waals surface area contributed by atoms with Gasteiger partial charge < -0.3 is 10.5 Å². The van der Waals surface area contributed by atoms with E-state index < -0.39 is 10.8 Å². The molecule has 2 N–H and O–H groups in total. The van der Waals surface area contributed by atoms with Crippen LogP contribution in [0, 0.1) is 0 Å². The zero-order valence-corrected chi connectivity index (χ0v) is 12.8. The minimum atomic E-state index is -1.09. The van der Waals surface area contributed by atoms with Crippen LogP contribution in [0.5, 0.6) is 5.75 Å². The van der Waals surface area contributed by atoms with E-state index in [4.69, 9.17) is 10.5 Å². The highest BCUT2D eigenvalue weighted by molar-refractivity contribution is 9.10. The Morgan fingerprint density at radius 2 is 2.05 bits per heavy atom. The molecule has 0 spiro atoms. The first-order chi connectivity index (χ1) is 9.10. The second-order valence-electron chi connectivity index (χ2n) is 4.02. The predicted octanol–water partition coefficient (Wildman–Crippen LogP) is 3.35. The monoisotopic (exact) mass is 339 g/mol. The molecule has 2 aromatic rings. The van der Waals surface area contributed by atoms with Crippen molar-refractivity contribution in [1.82, 2.24) is 0 Å². The van der Waals surface area contributed by atoms with Crippen LogP contribution in [0.1, 0.15) is 5.56 Å². The molecule has 0 amide bonds. The molecule has 0 bridgehead atoms. The standard InChI is InChI=1S/C14H14BrNO2S/c1-18-14-6-5-10(7-13(14)16)9-19(17)12-4-2-3-11(15)8-12/h2-8H,9,16H2,1H3. The second kappa shape index (κ2) is 6.21. The smallest absolute Gasteiger partial charge is 0.141 e. The van der Waals surface area contributed by atoms with Gasteiger partial charge in [0.25, 0.3) is 0 Å². The van der Waals surface area contributed by atoms with E-state index in [1.807, 2.05) is 30.3 Å². The van der Waals surface area contributed by atoms with Gasteiger partial charge in [-0.1, -0.05) is 28.1 Å². The van der Waals surface area contributed by atoms with E-state index in [-0.39, 0.29) is 0 Å². The molecule has 0 aliphatic heterocycles. The Labute approximate surface area is 123 Å². The average Bonchev–Trinajstić information content (AvgIpc) is 2.39. The van der Waals surface area contributed by atoms with Gasteiger partial charge >= 0.3 is 0 Å². The number of nitrogens with two attached hydrogens (primary N) is 1. The molecule has 0 heterocycles. The molecule has 0 aliphatic carbocycles. The molecule has 0 aliphatic rings. The van der Waals surface area contributed by atoms with Crippen molar-refractivity contribution in [2.75, 3.05) is 12.8 Å². The lowest BCUT2D eigenvalue weighted by molar-refractivity contribution is 0.417. The van der Waals surface area contributed by atoms with Gasteiger partial charge in [0.1, 0.15) is 5.75 Å². The number of hydrogen-bond acceptors (Lipinski definition) is 3. The van der Waals surface area contributed by atoms with E-state index in [0.717, 1.165) is 14.9 Å². The normalized spacial score (nSPS) is 12.1. The van der Waals surface area contributed by atoms with Gasteiger partial charge in [-0.15, -0.1) is 0 Å². The zero-order chi connectivity index (χ0) is 13.8. The molecule has 19 heavy (non-hydrogen) atoms. The van der Waals surface area contributed by atoms with Crippen molar-refractivity contribution in [3.63, 3.8) is 0 Å². The van der Waals surface area contributed by atoms with E-state index in [2.05, 4.69) is 15.9 Å². The molecule has 1 atom stereocenters. The van der Waals surface area contributed by atoms with E-state index in [9.17, 15) is 4.21 Å². The molecule has 0 saturated carbocycles. The third-order valence-corrected chi connectivity index (χ3v) is 4.52. The van der Waals surface area contributed by atoms with E-state index >= 15 is 0 Å². The minimum Gasteiger partial charge on any atom is -0.495 e. The molecule has 3 nitrogen and oxygen atoms in total. The molecule has 0 fully saturated rings. The van der Waals surface area contributed by atoms with Crippen LogP contribution in [-0.4, -0.2) is 11.3 Å². The fraction of sp³-hybridized carbons (Fsp3) is 0.143. The Morgan fingerprint density at radius 1 is 1.26 bits per heavy atom. The second-order valence-corrected chi connectivity index (χ2v) is 6.39. The largest absolute Gasteiger partial charge is 0.495 e. The van der Waals surface area contributed by atoms with Crippen LogP contribution < -0.4 is 10.5 Å². The van der Waals surface area contributed by atoms with Crippen molar-refractivity contribution in [1.29, 1.82) is 0 Å². The molecule has 100 valence electrons. The van der Waals surface area contributed by atoms with Crippen molar-refractivity contribution < 1.29 is 8.95 Å². The number of hydrogen-bond donors (Lipinski definition) is 1. The van der Waals surface area contributed by atoms with Crippen molar-refractivity contribution >= 4 is 32.4 Å². The Hall–Kier alpha value is -1.33. The fourth-order valence-electron chi connectivity index (χ4n) is 1.72. The molecule has 0 saturated heterocycles. The summed E-state index contributed by atoms with van der Waals surface area (Å²) >= 11 is 3.38. The summed E-state index contributed by atoms with van der Waals surface area (Å²) in [6.45, 7) is 0. The zero-order valence-electron chi connectivity index (χ0n) is 10.4. The highest BCUT2D eigenvalue weighted by atomic mass is 79.9. The van der Waals surface area contributed by atoms with Gasteiger partial charge in [-0.25, -0.2) is 0 Å². The molecule has 0 radical (unpaired) electrons. The lowest BCUT2D eigenvalue weighted by Crippen LogP contribution is -1.99. The molecule has 2 aromatic carbocycles. The molecule has 2 rings (SSSR count). The van der Waals surface area contributed by atoms with Crippen molar-refractivity contribution in [3.05, 3.63) is 52.5 Å². The molecule has 5 heteroatoms. The predicted molar refractivity (Wildman–Crippen MR) is 81.7 cm³/mol. The van der Waals surface area contributed by atoms with Crippen LogP contribution in [0.15, 0.2) is 51.8 Å². The van der Waals surface area contributed by atoms with Crippen LogP contribution in [0.25, 0.3) is 0 Å². The van der Waals surface area contributed by atoms with Gasteiger partial charge in [-0.05, 0) is 35.9 Å². The van der Waals surface area contributed by atoms with E-state index in [1.165, 1.54) is 0 Å². The quantitative estimate of drug-likeness (QED) is 0.869. The van der Waals surface area contributed by atoms with Crippen LogP contribution >= 0.6 is 15.9 Å². The molecular weight excluding hydrogens is 326 g/mol. The topological polar surface area (TPSA) is 52.3 Å². The summed E-state index contributed by atoms with van der Waals surface area (Å²) in [5, 5.41) is 0. The van der Waals surface area contributed by atoms with E-state index in [0.29, 0.717) is 17.2 Å². The van der Waals surface area contributed by atoms with Gasteiger partial charge in [-0.2, -0.15) is 0 Å². The van der Waals surface area contributed by atoms with Crippen LogP contribution in [0.3, 0.4) is 0 Å². The summed E-state index contributed by atoms with van der Waals surface area (Å²) in [6.07, 6.45) is 0. The molecule has 0 aromatic heterocycles. The summed E-state index contributed by atoms with van der Waals surface area (Å²) in [5.74, 6) is 1.07. The van der Waals surface area contributed by atoms with Crippen LogP contribution in [0.2, 0.25) is 0 Å². The Balaban J connectivity index is 2.17. The summed E-state index contributed by atoms with van der Waals surface area (Å²) < 4.78 is 18.3. The summed E-state index contributed by atoms with van der Waals surface area (Å²) in [4.78, 5) is 0.795. The van der Waals surface area contributed by atoms with Crippen molar-refractivity contribution in [2.45, 2.75) is 10.6 Å². The third-order valence-electron chi connectivity index (χ3n) is 2.65. The van der Waals surface area contributed by atoms with E-state index in [1.54, 1.807) is 19.2 Å². The number of nitrogen functional groups attached to an aromatic ring is 1. The van der Waals surface area contributed by atoms with Crippen molar-refractivity contribution in [2.24, 2.45) is 0 Å². The van der Waals surface area contributed by atoms with Crippen LogP contribution in [0.4, 0.5) is 5.69 Å². The molecular formula is C14H14BrNO2S. The summed E-state index contributed by atoms with van der Waals surface area (Å²) in [6, 6.07) is 13.0. The van der Waals surface area contributed by atoms with Gasteiger partial charge in [-0.3, -0.25) is 4.21 Å². The first-order valence-electron chi connectivity index (χ1n) is 5.66. The number of benzene rings is 2. The Bertz CT molecular complexity index is 616. The first-order valence-corrected chi connectivity index (χ1v) is 7.77. The number of anilines is 1. The number of methoxy groups -OCH3 is 1. The van der Waals surface area contributed by atoms with Gasteiger partial charge in [0.15, 0.2) is 0 Å². The lowest BCUT2D eigenvalue weighted by Gasteiger charge is -2.07.